The van der Waals surface area contributed by atoms with Crippen molar-refractivity contribution in [2.24, 2.45) is 5.10 Å². The summed E-state index contributed by atoms with van der Waals surface area (Å²) in [6.07, 6.45) is 3.31. The number of aryl methyl sites for hydroxylation is 2. The molecule has 3 rings (SSSR count). The largest absolute Gasteiger partial charge is 0.294 e. The average Bonchev–Trinajstić information content (AvgIpc) is 3.01. The van der Waals surface area contributed by atoms with Gasteiger partial charge in [-0.05, 0) is 43.0 Å². The van der Waals surface area contributed by atoms with Crippen LogP contribution in [0.2, 0.25) is 5.02 Å². The molecule has 1 N–H and O–H groups in total. The number of nitrogens with one attached hydrogen (secondary N) is 1. The van der Waals surface area contributed by atoms with Crippen LogP contribution in [0.1, 0.15) is 26.6 Å². The number of carbonyl (C=O) groups is 1. The van der Waals surface area contributed by atoms with Crippen LogP contribution >= 0.6 is 22.9 Å². The van der Waals surface area contributed by atoms with Crippen molar-refractivity contribution in [3.05, 3.63) is 56.6 Å². The van der Waals surface area contributed by atoms with Crippen molar-refractivity contribution < 1.29 is 4.79 Å². The maximum atomic E-state index is 12.3. The molecule has 0 atom stereocenters. The fraction of sp³-hybridized carbons (Fsp3) is 0.133. The zero-order valence-electron chi connectivity index (χ0n) is 12.0. The van der Waals surface area contributed by atoms with Gasteiger partial charge in [0.15, 0.2) is 0 Å². The molecule has 3 aromatic rings. The van der Waals surface area contributed by atoms with Crippen molar-refractivity contribution in [2.75, 3.05) is 0 Å². The lowest BCUT2D eigenvalue weighted by molar-refractivity contribution is 0.0948. The molecule has 3 aromatic heterocycles. The number of hydrogen-bond acceptors (Lipinski definition) is 4. The molecule has 0 aliphatic carbocycles. The van der Waals surface area contributed by atoms with Gasteiger partial charge in [-0.2, -0.15) is 5.10 Å². The minimum atomic E-state index is -0.322. The molecule has 5 nitrogen and oxygen atoms in total. The Morgan fingerprint density at radius 3 is 2.95 bits per heavy atom. The predicted octanol–water partition coefficient (Wildman–Crippen LogP) is 3.43. The number of hydrazone groups is 1. The van der Waals surface area contributed by atoms with Crippen LogP contribution in [-0.4, -0.2) is 21.5 Å². The fourth-order valence-corrected chi connectivity index (χ4v) is 3.08. The Balaban J connectivity index is 1.86. The molecule has 1 amide bonds. The van der Waals surface area contributed by atoms with E-state index in [4.69, 9.17) is 11.6 Å². The Bertz CT molecular complexity index is 881. The molecular formula is C15H13ClN4OS. The third kappa shape index (κ3) is 2.75. The maximum Gasteiger partial charge on any atom is 0.290 e. The molecule has 0 aromatic carbocycles. The van der Waals surface area contributed by atoms with Gasteiger partial charge in [0, 0.05) is 11.1 Å². The van der Waals surface area contributed by atoms with Gasteiger partial charge in [-0.15, -0.1) is 11.3 Å². The van der Waals surface area contributed by atoms with Gasteiger partial charge in [-0.1, -0.05) is 11.6 Å². The van der Waals surface area contributed by atoms with E-state index in [1.54, 1.807) is 47.2 Å². The van der Waals surface area contributed by atoms with Crippen molar-refractivity contribution in [2.45, 2.75) is 13.8 Å². The van der Waals surface area contributed by atoms with Crippen molar-refractivity contribution >= 4 is 40.7 Å². The molecule has 112 valence electrons. The number of amides is 1. The number of imidazole rings is 1. The van der Waals surface area contributed by atoms with E-state index < -0.39 is 0 Å². The van der Waals surface area contributed by atoms with Crippen LogP contribution in [-0.2, 0) is 0 Å². The first-order valence-corrected chi connectivity index (χ1v) is 7.84. The average molecular weight is 333 g/mol. The zero-order chi connectivity index (χ0) is 15.7. The molecule has 0 aliphatic heterocycles. The monoisotopic (exact) mass is 332 g/mol. The normalized spacial score (nSPS) is 11.4. The van der Waals surface area contributed by atoms with E-state index in [2.05, 4.69) is 15.5 Å². The lowest BCUT2D eigenvalue weighted by Crippen LogP contribution is -2.20. The second-order valence-corrected chi connectivity index (χ2v) is 6.17. The van der Waals surface area contributed by atoms with Crippen molar-refractivity contribution in [3.63, 3.8) is 0 Å². The molecule has 0 spiro atoms. The standard InChI is InChI=1S/C15H13ClN4OS/c1-9-5-6-22-12(9)7-17-19-15(21)14-10(2)18-13-4-3-11(16)8-20(13)14/h3-8H,1-2H3,(H,19,21)/b17-7-. The summed E-state index contributed by atoms with van der Waals surface area (Å²) in [5.74, 6) is -0.322. The Morgan fingerprint density at radius 2 is 2.23 bits per heavy atom. The van der Waals surface area contributed by atoms with Crippen LogP contribution in [0.15, 0.2) is 34.9 Å². The highest BCUT2D eigenvalue weighted by molar-refractivity contribution is 7.11. The number of carbonyl (C=O) groups excluding carboxylic acids is 1. The number of aromatic nitrogens is 2. The number of nitrogens with zero attached hydrogens (tertiary/aromatic N) is 3. The number of thiophene rings is 1. The summed E-state index contributed by atoms with van der Waals surface area (Å²) in [6.45, 7) is 3.78. The Labute approximate surface area is 136 Å². The van der Waals surface area contributed by atoms with Gasteiger partial charge >= 0.3 is 0 Å². The summed E-state index contributed by atoms with van der Waals surface area (Å²) in [7, 11) is 0. The smallest absolute Gasteiger partial charge is 0.290 e. The summed E-state index contributed by atoms with van der Waals surface area (Å²) in [5.41, 5.74) is 5.39. The van der Waals surface area contributed by atoms with E-state index in [0.29, 0.717) is 22.1 Å². The van der Waals surface area contributed by atoms with E-state index >= 15 is 0 Å². The first-order valence-electron chi connectivity index (χ1n) is 6.58. The van der Waals surface area contributed by atoms with E-state index in [9.17, 15) is 4.79 Å². The molecule has 0 bridgehead atoms. The van der Waals surface area contributed by atoms with Crippen LogP contribution in [0.25, 0.3) is 5.65 Å². The Kier molecular flexibility index (Phi) is 3.96. The number of fused-ring (bicyclic) bond motifs is 1. The summed E-state index contributed by atoms with van der Waals surface area (Å²) in [4.78, 5) is 17.7. The van der Waals surface area contributed by atoms with Crippen molar-refractivity contribution in [1.29, 1.82) is 0 Å². The molecular weight excluding hydrogens is 320 g/mol. The SMILES string of the molecule is Cc1ccsc1/C=N\NC(=O)c1c(C)nc2ccc(Cl)cn12. The van der Waals surface area contributed by atoms with Gasteiger partial charge in [-0.25, -0.2) is 10.4 Å². The third-order valence-corrected chi connectivity index (χ3v) is 4.40. The van der Waals surface area contributed by atoms with Crippen LogP contribution in [0.5, 0.6) is 0 Å². The first-order chi connectivity index (χ1) is 10.6. The maximum absolute atomic E-state index is 12.3. The van der Waals surface area contributed by atoms with E-state index in [-0.39, 0.29) is 5.91 Å². The van der Waals surface area contributed by atoms with Gasteiger partial charge in [0.25, 0.3) is 5.91 Å². The first kappa shape index (κ1) is 14.7. The predicted molar refractivity (Wildman–Crippen MR) is 89.1 cm³/mol. The molecule has 0 saturated heterocycles. The minimum Gasteiger partial charge on any atom is -0.294 e. The number of halogens is 1. The Morgan fingerprint density at radius 1 is 1.41 bits per heavy atom. The van der Waals surface area contributed by atoms with Crippen molar-refractivity contribution in [3.8, 4) is 0 Å². The molecule has 0 unspecified atom stereocenters. The molecule has 0 radical (unpaired) electrons. The molecule has 22 heavy (non-hydrogen) atoms. The van der Waals surface area contributed by atoms with Gasteiger partial charge in [0.05, 0.1) is 16.9 Å². The molecule has 0 aliphatic rings. The highest BCUT2D eigenvalue weighted by Gasteiger charge is 2.16. The van der Waals surface area contributed by atoms with Crippen LogP contribution < -0.4 is 5.43 Å². The van der Waals surface area contributed by atoms with Gasteiger partial charge in [0.2, 0.25) is 0 Å². The number of rotatable bonds is 3. The lowest BCUT2D eigenvalue weighted by atomic mass is 10.3. The highest BCUT2D eigenvalue weighted by Crippen LogP contribution is 2.16. The van der Waals surface area contributed by atoms with E-state index in [0.717, 1.165) is 10.4 Å². The van der Waals surface area contributed by atoms with Gasteiger partial charge in [-0.3, -0.25) is 9.20 Å². The number of hydrogen-bond donors (Lipinski definition) is 1. The second-order valence-electron chi connectivity index (χ2n) is 4.79. The van der Waals surface area contributed by atoms with E-state index in [1.165, 1.54) is 0 Å². The van der Waals surface area contributed by atoms with Crippen LogP contribution in [0, 0.1) is 13.8 Å². The summed E-state index contributed by atoms with van der Waals surface area (Å²) < 4.78 is 1.67. The highest BCUT2D eigenvalue weighted by atomic mass is 35.5. The van der Waals surface area contributed by atoms with Crippen LogP contribution in [0.4, 0.5) is 0 Å². The number of pyridine rings is 1. The quantitative estimate of drug-likeness (QED) is 0.590. The molecule has 3 heterocycles. The molecule has 0 saturated carbocycles. The summed E-state index contributed by atoms with van der Waals surface area (Å²) in [6, 6.07) is 5.51. The lowest BCUT2D eigenvalue weighted by Gasteiger charge is -2.02. The Hall–Kier alpha value is -2.18. The molecule has 7 heteroatoms. The topological polar surface area (TPSA) is 58.8 Å². The summed E-state index contributed by atoms with van der Waals surface area (Å²) >= 11 is 7.56. The van der Waals surface area contributed by atoms with Gasteiger partial charge in [0.1, 0.15) is 11.3 Å². The fourth-order valence-electron chi connectivity index (χ4n) is 2.13. The minimum absolute atomic E-state index is 0.322. The van der Waals surface area contributed by atoms with E-state index in [1.807, 2.05) is 18.4 Å². The van der Waals surface area contributed by atoms with Crippen LogP contribution in [0.3, 0.4) is 0 Å². The van der Waals surface area contributed by atoms with Crippen molar-refractivity contribution in [1.82, 2.24) is 14.8 Å². The third-order valence-electron chi connectivity index (χ3n) is 3.22. The summed E-state index contributed by atoms with van der Waals surface area (Å²) in [5, 5.41) is 6.53. The van der Waals surface area contributed by atoms with Gasteiger partial charge < -0.3 is 0 Å². The zero-order valence-corrected chi connectivity index (χ0v) is 13.6. The second kappa shape index (κ2) is 5.90. The molecule has 0 fully saturated rings.